The summed E-state index contributed by atoms with van der Waals surface area (Å²) < 4.78 is 13.2. The van der Waals surface area contributed by atoms with Crippen LogP contribution in [0.2, 0.25) is 0 Å². The summed E-state index contributed by atoms with van der Waals surface area (Å²) in [5, 5.41) is 4.10. The van der Waals surface area contributed by atoms with E-state index in [1.165, 1.54) is 6.42 Å². The largest absolute Gasteiger partial charge is 0.496 e. The molecule has 190 valence electrons. The molecule has 36 heavy (non-hydrogen) atoms. The number of rotatable bonds is 6. The van der Waals surface area contributed by atoms with Crippen molar-refractivity contribution >= 4 is 22.7 Å². The first-order chi connectivity index (χ1) is 17.4. The molecule has 0 spiro atoms. The molecule has 1 aromatic carbocycles. The first-order valence-electron chi connectivity index (χ1n) is 12.6. The summed E-state index contributed by atoms with van der Waals surface area (Å²) in [5.41, 5.74) is 1.02. The van der Waals surface area contributed by atoms with Crippen molar-refractivity contribution in [3.8, 4) is 11.5 Å². The highest BCUT2D eigenvalue weighted by molar-refractivity contribution is 6.05. The topological polar surface area (TPSA) is 85.7 Å². The van der Waals surface area contributed by atoms with Gasteiger partial charge in [0.25, 0.3) is 5.91 Å². The molecule has 3 heterocycles. The molecule has 0 saturated heterocycles. The van der Waals surface area contributed by atoms with Crippen molar-refractivity contribution in [3.05, 3.63) is 54.0 Å². The molecule has 2 amide bonds. The van der Waals surface area contributed by atoms with Gasteiger partial charge in [-0.05, 0) is 55.5 Å². The van der Waals surface area contributed by atoms with Gasteiger partial charge in [-0.25, -0.2) is 0 Å². The van der Waals surface area contributed by atoms with E-state index in [-0.39, 0.29) is 24.4 Å². The van der Waals surface area contributed by atoms with Crippen LogP contribution in [0.1, 0.15) is 55.6 Å². The number of aromatic nitrogens is 2. The van der Waals surface area contributed by atoms with Crippen LogP contribution in [-0.4, -0.2) is 52.1 Å². The van der Waals surface area contributed by atoms with Crippen LogP contribution >= 0.6 is 0 Å². The second kappa shape index (κ2) is 9.48. The number of carbonyl (C=O) groups excluding carboxylic acids is 2. The lowest BCUT2D eigenvalue weighted by molar-refractivity contribution is -0.134. The Morgan fingerprint density at radius 2 is 1.92 bits per heavy atom. The van der Waals surface area contributed by atoms with Gasteiger partial charge in [-0.15, -0.1) is 0 Å². The molecule has 8 nitrogen and oxygen atoms in total. The highest BCUT2D eigenvalue weighted by Gasteiger charge is 2.49. The molecule has 2 aromatic heterocycles. The minimum absolute atomic E-state index is 0.107. The Hall–Kier alpha value is -3.55. The van der Waals surface area contributed by atoms with Crippen molar-refractivity contribution in [1.29, 1.82) is 0 Å². The number of amides is 2. The molecule has 3 unspecified atom stereocenters. The second-order valence-electron chi connectivity index (χ2n) is 10.2. The average molecular weight is 491 g/mol. The predicted molar refractivity (Wildman–Crippen MR) is 137 cm³/mol. The number of nitrogens with one attached hydrogen (secondary N) is 1. The SMILES string of the molecule is COc1ccc(OC)c2c1cc1n2CC(C)(C(=O)NC2CCCCC2C)N(Cc2cccnc2)C1=O. The van der Waals surface area contributed by atoms with Gasteiger partial charge in [0, 0.05) is 30.4 Å². The van der Waals surface area contributed by atoms with Gasteiger partial charge < -0.3 is 24.3 Å². The zero-order chi connectivity index (χ0) is 25.4. The Morgan fingerprint density at radius 3 is 2.61 bits per heavy atom. The van der Waals surface area contributed by atoms with E-state index in [4.69, 9.17) is 9.47 Å². The van der Waals surface area contributed by atoms with E-state index in [2.05, 4.69) is 17.2 Å². The first kappa shape index (κ1) is 24.2. The number of hydrogen-bond donors (Lipinski definition) is 1. The number of pyridine rings is 1. The van der Waals surface area contributed by atoms with Crippen molar-refractivity contribution in [1.82, 2.24) is 19.8 Å². The Balaban J connectivity index is 1.62. The van der Waals surface area contributed by atoms with Gasteiger partial charge >= 0.3 is 0 Å². The van der Waals surface area contributed by atoms with E-state index in [0.717, 1.165) is 35.7 Å². The van der Waals surface area contributed by atoms with Crippen molar-refractivity contribution in [3.63, 3.8) is 0 Å². The Morgan fingerprint density at radius 1 is 1.17 bits per heavy atom. The summed E-state index contributed by atoms with van der Waals surface area (Å²) in [7, 11) is 3.22. The van der Waals surface area contributed by atoms with Crippen LogP contribution in [0.25, 0.3) is 10.9 Å². The van der Waals surface area contributed by atoms with Crippen molar-refractivity contribution in [2.24, 2.45) is 5.92 Å². The van der Waals surface area contributed by atoms with Crippen LogP contribution in [0.4, 0.5) is 0 Å². The van der Waals surface area contributed by atoms with Crippen molar-refractivity contribution in [2.75, 3.05) is 14.2 Å². The fraction of sp³-hybridized carbons (Fsp3) is 0.464. The minimum Gasteiger partial charge on any atom is -0.496 e. The molecule has 0 bridgehead atoms. The lowest BCUT2D eigenvalue weighted by Crippen LogP contribution is -2.65. The van der Waals surface area contributed by atoms with Crippen LogP contribution in [0.15, 0.2) is 42.7 Å². The normalized spacial score (nSPS) is 23.9. The summed E-state index contributed by atoms with van der Waals surface area (Å²) >= 11 is 0. The van der Waals surface area contributed by atoms with E-state index in [0.29, 0.717) is 29.7 Å². The summed E-state index contributed by atoms with van der Waals surface area (Å²) in [6, 6.07) is 9.39. The van der Waals surface area contributed by atoms with Crippen LogP contribution < -0.4 is 14.8 Å². The van der Waals surface area contributed by atoms with Gasteiger partial charge in [0.05, 0.1) is 26.3 Å². The quantitative estimate of drug-likeness (QED) is 0.561. The lowest BCUT2D eigenvalue weighted by Gasteiger charge is -2.45. The third-order valence-corrected chi connectivity index (χ3v) is 7.93. The Bertz CT molecular complexity index is 1290. The van der Waals surface area contributed by atoms with E-state index < -0.39 is 5.54 Å². The van der Waals surface area contributed by atoms with Gasteiger partial charge in [-0.3, -0.25) is 14.6 Å². The summed E-state index contributed by atoms with van der Waals surface area (Å²) in [6.07, 6.45) is 7.80. The molecule has 1 saturated carbocycles. The maximum absolute atomic E-state index is 14.1. The van der Waals surface area contributed by atoms with Gasteiger partial charge in [0.2, 0.25) is 5.91 Å². The third-order valence-electron chi connectivity index (χ3n) is 7.93. The maximum Gasteiger partial charge on any atom is 0.271 e. The smallest absolute Gasteiger partial charge is 0.271 e. The number of ether oxygens (including phenoxy) is 2. The molecule has 0 radical (unpaired) electrons. The Kier molecular flexibility index (Phi) is 6.36. The zero-order valence-electron chi connectivity index (χ0n) is 21.4. The molecule has 8 heteroatoms. The van der Waals surface area contributed by atoms with Crippen LogP contribution in [0, 0.1) is 5.92 Å². The van der Waals surface area contributed by atoms with E-state index >= 15 is 0 Å². The molecule has 1 N–H and O–H groups in total. The van der Waals surface area contributed by atoms with Gasteiger partial charge in [0.15, 0.2) is 0 Å². The first-order valence-corrected chi connectivity index (χ1v) is 12.6. The van der Waals surface area contributed by atoms with Crippen LogP contribution in [0.5, 0.6) is 11.5 Å². The number of benzene rings is 1. The molecular formula is C28H34N4O4. The van der Waals surface area contributed by atoms with Crippen molar-refractivity contribution < 1.29 is 19.1 Å². The molecule has 1 fully saturated rings. The lowest BCUT2D eigenvalue weighted by atomic mass is 9.85. The highest BCUT2D eigenvalue weighted by atomic mass is 16.5. The molecule has 3 aromatic rings. The fourth-order valence-corrected chi connectivity index (χ4v) is 5.73. The standard InChI is InChI=1S/C28H34N4O4/c1-18-8-5-6-10-21(18)30-27(34)28(2)17-31-22(26(33)32(28)16-19-9-7-13-29-15-19)14-20-23(35-3)11-12-24(36-4)25(20)31/h7,9,11-15,18,21H,5-6,8,10,16-17H2,1-4H3,(H,30,34). The van der Waals surface area contributed by atoms with Gasteiger partial charge in [-0.1, -0.05) is 25.8 Å². The monoisotopic (exact) mass is 490 g/mol. The molecule has 1 aliphatic carbocycles. The van der Waals surface area contributed by atoms with Crippen molar-refractivity contribution in [2.45, 2.75) is 64.2 Å². The van der Waals surface area contributed by atoms with E-state index in [1.807, 2.05) is 41.8 Å². The van der Waals surface area contributed by atoms with Gasteiger partial charge in [0.1, 0.15) is 22.7 Å². The summed E-state index contributed by atoms with van der Waals surface area (Å²) in [4.78, 5) is 34.0. The van der Waals surface area contributed by atoms with Crippen LogP contribution in [-0.2, 0) is 17.9 Å². The molecule has 5 rings (SSSR count). The number of methoxy groups -OCH3 is 2. The zero-order valence-corrected chi connectivity index (χ0v) is 21.4. The molecule has 2 aliphatic rings. The third kappa shape index (κ3) is 3.98. The van der Waals surface area contributed by atoms with Crippen LogP contribution in [0.3, 0.4) is 0 Å². The average Bonchev–Trinajstić information content (AvgIpc) is 3.27. The summed E-state index contributed by atoms with van der Waals surface area (Å²) in [5.74, 6) is 1.35. The molecule has 1 aliphatic heterocycles. The Labute approximate surface area is 211 Å². The second-order valence-corrected chi connectivity index (χ2v) is 10.2. The number of nitrogens with zero attached hydrogens (tertiary/aromatic N) is 3. The highest BCUT2D eigenvalue weighted by Crippen LogP contribution is 2.40. The molecular weight excluding hydrogens is 456 g/mol. The predicted octanol–water partition coefficient (Wildman–Crippen LogP) is 4.16. The minimum atomic E-state index is -1.11. The molecule has 3 atom stereocenters. The maximum atomic E-state index is 14.1. The number of carbonyl (C=O) groups is 2. The number of hydrogen-bond acceptors (Lipinski definition) is 5. The van der Waals surface area contributed by atoms with Gasteiger partial charge in [-0.2, -0.15) is 0 Å². The summed E-state index contributed by atoms with van der Waals surface area (Å²) in [6.45, 7) is 4.65. The van der Waals surface area contributed by atoms with E-state index in [9.17, 15) is 9.59 Å². The number of fused-ring (bicyclic) bond motifs is 3. The van der Waals surface area contributed by atoms with E-state index in [1.54, 1.807) is 31.5 Å². The fourth-order valence-electron chi connectivity index (χ4n) is 5.73.